The number of methoxy groups -OCH3 is 1. The molecule has 2 rings (SSSR count). The van der Waals surface area contributed by atoms with E-state index in [-0.39, 0.29) is 18.6 Å². The predicted molar refractivity (Wildman–Crippen MR) is 76.7 cm³/mol. The van der Waals surface area contributed by atoms with Crippen LogP contribution < -0.4 is 5.32 Å². The van der Waals surface area contributed by atoms with Crippen molar-refractivity contribution < 1.29 is 9.53 Å². The van der Waals surface area contributed by atoms with Crippen LogP contribution in [0.5, 0.6) is 0 Å². The van der Waals surface area contributed by atoms with Crippen LogP contribution in [-0.4, -0.2) is 29.2 Å². The molecule has 1 unspecified atom stereocenters. The third-order valence-electron chi connectivity index (χ3n) is 3.28. The van der Waals surface area contributed by atoms with Crippen molar-refractivity contribution in [2.45, 2.75) is 19.9 Å². The highest BCUT2D eigenvalue weighted by Gasteiger charge is 2.08. The van der Waals surface area contributed by atoms with Gasteiger partial charge in [-0.05, 0) is 31.5 Å². The predicted octanol–water partition coefficient (Wildman–Crippen LogP) is 2.00. The fraction of sp³-hybridized carbons (Fsp3) is 0.333. The van der Waals surface area contributed by atoms with Gasteiger partial charge in [-0.2, -0.15) is 0 Å². The average molecular weight is 273 g/mol. The smallest absolute Gasteiger partial charge is 0.319 e. The van der Waals surface area contributed by atoms with Crippen LogP contribution in [0.4, 0.5) is 0 Å². The molecule has 5 nitrogen and oxygen atoms in total. The van der Waals surface area contributed by atoms with Crippen LogP contribution in [0.25, 0.3) is 5.69 Å². The van der Waals surface area contributed by atoms with Gasteiger partial charge < -0.3 is 14.6 Å². The Kier molecular flexibility index (Phi) is 4.53. The van der Waals surface area contributed by atoms with E-state index in [2.05, 4.69) is 15.0 Å². The number of aromatic nitrogens is 2. The van der Waals surface area contributed by atoms with E-state index in [1.807, 2.05) is 48.9 Å². The summed E-state index contributed by atoms with van der Waals surface area (Å²) >= 11 is 0. The molecule has 0 spiro atoms. The summed E-state index contributed by atoms with van der Waals surface area (Å²) in [5, 5.41) is 3.12. The maximum Gasteiger partial charge on any atom is 0.319 e. The van der Waals surface area contributed by atoms with Gasteiger partial charge in [0, 0.05) is 24.1 Å². The van der Waals surface area contributed by atoms with Crippen LogP contribution in [-0.2, 0) is 9.53 Å². The summed E-state index contributed by atoms with van der Waals surface area (Å²) in [6.07, 6.45) is 3.72. The normalized spacial score (nSPS) is 12.2. The van der Waals surface area contributed by atoms with Gasteiger partial charge in [0.25, 0.3) is 0 Å². The summed E-state index contributed by atoms with van der Waals surface area (Å²) in [6.45, 7) is 4.19. The minimum atomic E-state index is -0.262. The first-order chi connectivity index (χ1) is 9.61. The lowest BCUT2D eigenvalue weighted by Crippen LogP contribution is -2.26. The second-order valence-electron chi connectivity index (χ2n) is 4.61. The van der Waals surface area contributed by atoms with E-state index in [1.165, 1.54) is 7.11 Å². The van der Waals surface area contributed by atoms with Crippen LogP contribution >= 0.6 is 0 Å². The SMILES string of the molecule is COC(=O)CNC(C)c1ccc(-n2ccnc2C)cc1. The second-order valence-corrected chi connectivity index (χ2v) is 4.61. The fourth-order valence-corrected chi connectivity index (χ4v) is 2.00. The largest absolute Gasteiger partial charge is 0.468 e. The minimum Gasteiger partial charge on any atom is -0.468 e. The molecule has 1 heterocycles. The number of nitrogens with one attached hydrogen (secondary N) is 1. The molecule has 1 aromatic carbocycles. The fourth-order valence-electron chi connectivity index (χ4n) is 2.00. The zero-order valence-electron chi connectivity index (χ0n) is 12.0. The molecule has 20 heavy (non-hydrogen) atoms. The van der Waals surface area contributed by atoms with E-state index < -0.39 is 0 Å². The molecule has 0 aliphatic rings. The second kappa shape index (κ2) is 6.34. The van der Waals surface area contributed by atoms with Crippen molar-refractivity contribution in [3.05, 3.63) is 48.0 Å². The van der Waals surface area contributed by atoms with Gasteiger partial charge in [0.05, 0.1) is 13.7 Å². The number of ether oxygens (including phenoxy) is 1. The lowest BCUT2D eigenvalue weighted by molar-refractivity contribution is -0.139. The van der Waals surface area contributed by atoms with E-state index in [0.29, 0.717) is 0 Å². The molecule has 0 bridgehead atoms. The van der Waals surface area contributed by atoms with Crippen LogP contribution in [0.1, 0.15) is 24.4 Å². The van der Waals surface area contributed by atoms with Gasteiger partial charge >= 0.3 is 5.97 Å². The summed E-state index contributed by atoms with van der Waals surface area (Å²) in [5.74, 6) is 0.692. The van der Waals surface area contributed by atoms with E-state index in [0.717, 1.165) is 17.1 Å². The van der Waals surface area contributed by atoms with E-state index in [1.54, 1.807) is 6.20 Å². The molecular weight excluding hydrogens is 254 g/mol. The maximum absolute atomic E-state index is 11.1. The van der Waals surface area contributed by atoms with Crippen molar-refractivity contribution in [1.82, 2.24) is 14.9 Å². The Balaban J connectivity index is 2.04. The van der Waals surface area contributed by atoms with Crippen molar-refractivity contribution in [1.29, 1.82) is 0 Å². The Labute approximate surface area is 118 Å². The molecule has 0 aliphatic heterocycles. The molecule has 0 aliphatic carbocycles. The number of hydrogen-bond donors (Lipinski definition) is 1. The summed E-state index contributed by atoms with van der Waals surface area (Å²) in [5.41, 5.74) is 2.19. The summed E-state index contributed by atoms with van der Waals surface area (Å²) in [7, 11) is 1.39. The Morgan fingerprint density at radius 3 is 2.65 bits per heavy atom. The number of imidazole rings is 1. The standard InChI is InChI=1S/C15H19N3O2/c1-11(17-10-15(19)20-3)13-4-6-14(7-5-13)18-9-8-16-12(18)2/h4-9,11,17H,10H2,1-3H3. The number of esters is 1. The molecule has 1 N–H and O–H groups in total. The van der Waals surface area contributed by atoms with Crippen molar-refractivity contribution in [2.75, 3.05) is 13.7 Å². The molecule has 5 heteroatoms. The molecule has 0 amide bonds. The Morgan fingerprint density at radius 1 is 1.40 bits per heavy atom. The third-order valence-corrected chi connectivity index (χ3v) is 3.28. The van der Waals surface area contributed by atoms with Gasteiger partial charge in [-0.1, -0.05) is 12.1 Å². The molecule has 0 radical (unpaired) electrons. The number of carbonyl (C=O) groups excluding carboxylic acids is 1. The quantitative estimate of drug-likeness (QED) is 0.847. The molecule has 106 valence electrons. The first-order valence-electron chi connectivity index (χ1n) is 6.52. The third kappa shape index (κ3) is 3.24. The van der Waals surface area contributed by atoms with Gasteiger partial charge in [-0.3, -0.25) is 4.79 Å². The molecule has 0 saturated carbocycles. The minimum absolute atomic E-state index is 0.0898. The Morgan fingerprint density at radius 2 is 2.10 bits per heavy atom. The average Bonchev–Trinajstić information content (AvgIpc) is 2.90. The van der Waals surface area contributed by atoms with Crippen molar-refractivity contribution in [2.24, 2.45) is 0 Å². The van der Waals surface area contributed by atoms with Crippen molar-refractivity contribution >= 4 is 5.97 Å². The highest BCUT2D eigenvalue weighted by Crippen LogP contribution is 2.16. The Hall–Kier alpha value is -2.14. The molecular formula is C15H19N3O2. The number of hydrogen-bond acceptors (Lipinski definition) is 4. The highest BCUT2D eigenvalue weighted by atomic mass is 16.5. The molecule has 0 saturated heterocycles. The van der Waals surface area contributed by atoms with Crippen LogP contribution in [0, 0.1) is 6.92 Å². The van der Waals surface area contributed by atoms with Crippen LogP contribution in [0.2, 0.25) is 0 Å². The zero-order valence-corrected chi connectivity index (χ0v) is 12.0. The van der Waals surface area contributed by atoms with E-state index >= 15 is 0 Å². The van der Waals surface area contributed by atoms with E-state index in [9.17, 15) is 4.79 Å². The molecule has 0 fully saturated rings. The first kappa shape index (κ1) is 14.3. The van der Waals surface area contributed by atoms with Crippen LogP contribution in [0.3, 0.4) is 0 Å². The lowest BCUT2D eigenvalue weighted by atomic mass is 10.1. The number of nitrogens with zero attached hydrogens (tertiary/aromatic N) is 2. The van der Waals surface area contributed by atoms with Crippen molar-refractivity contribution in [3.8, 4) is 5.69 Å². The summed E-state index contributed by atoms with van der Waals surface area (Å²) in [6, 6.07) is 8.26. The van der Waals surface area contributed by atoms with Gasteiger partial charge in [0.15, 0.2) is 0 Å². The van der Waals surface area contributed by atoms with Gasteiger partial charge in [0.1, 0.15) is 5.82 Å². The number of aryl methyl sites for hydroxylation is 1. The van der Waals surface area contributed by atoms with E-state index in [4.69, 9.17) is 0 Å². The zero-order chi connectivity index (χ0) is 14.5. The van der Waals surface area contributed by atoms with Gasteiger partial charge in [-0.25, -0.2) is 4.98 Å². The number of rotatable bonds is 5. The summed E-state index contributed by atoms with van der Waals surface area (Å²) in [4.78, 5) is 15.3. The van der Waals surface area contributed by atoms with Gasteiger partial charge in [-0.15, -0.1) is 0 Å². The molecule has 1 atom stereocenters. The number of benzene rings is 1. The van der Waals surface area contributed by atoms with Crippen LogP contribution in [0.15, 0.2) is 36.7 Å². The maximum atomic E-state index is 11.1. The summed E-state index contributed by atoms with van der Waals surface area (Å²) < 4.78 is 6.63. The Bertz CT molecular complexity index is 575. The molecule has 1 aromatic heterocycles. The number of carbonyl (C=O) groups is 1. The van der Waals surface area contributed by atoms with Gasteiger partial charge in [0.2, 0.25) is 0 Å². The first-order valence-corrected chi connectivity index (χ1v) is 6.52. The van der Waals surface area contributed by atoms with Crippen molar-refractivity contribution in [3.63, 3.8) is 0 Å². The highest BCUT2D eigenvalue weighted by molar-refractivity contribution is 5.71. The monoisotopic (exact) mass is 273 g/mol. The molecule has 2 aromatic rings. The topological polar surface area (TPSA) is 56.1 Å². The lowest BCUT2D eigenvalue weighted by Gasteiger charge is -2.14.